The predicted molar refractivity (Wildman–Crippen MR) is 135 cm³/mol. The van der Waals surface area contributed by atoms with E-state index in [-0.39, 0.29) is 5.92 Å². The third-order valence-electron chi connectivity index (χ3n) is 6.11. The van der Waals surface area contributed by atoms with Crippen molar-refractivity contribution in [2.24, 2.45) is 5.92 Å². The minimum atomic E-state index is -0.445. The quantitative estimate of drug-likeness (QED) is 0.334. The van der Waals surface area contributed by atoms with Gasteiger partial charge in [0.05, 0.1) is 6.61 Å². The Morgan fingerprint density at radius 1 is 1.29 bits per heavy atom. The van der Waals surface area contributed by atoms with Crippen molar-refractivity contribution >= 4 is 12.3 Å². The van der Waals surface area contributed by atoms with Crippen molar-refractivity contribution in [2.75, 3.05) is 44.8 Å². The molecule has 0 amide bonds. The van der Waals surface area contributed by atoms with Crippen LogP contribution in [0.15, 0.2) is 22.7 Å². The number of hydrogen-bond donors (Lipinski definition) is 2. The zero-order valence-corrected chi connectivity index (χ0v) is 21.5. The number of carbonyl (C=O) groups excluding carboxylic acids is 1. The first-order chi connectivity index (χ1) is 16.9. The molecule has 0 spiro atoms. The maximum atomic E-state index is 14.0. The number of nitrogens with one attached hydrogen (secondary N) is 1. The Labute approximate surface area is 208 Å². The molecule has 0 bridgehead atoms. The monoisotopic (exact) mass is 492 g/mol. The molecule has 1 aromatic carbocycles. The van der Waals surface area contributed by atoms with E-state index in [4.69, 9.17) is 14.4 Å². The van der Waals surface area contributed by atoms with Crippen LogP contribution < -0.4 is 15.0 Å². The van der Waals surface area contributed by atoms with Gasteiger partial charge in [-0.15, -0.1) is 0 Å². The zero-order chi connectivity index (χ0) is 25.6. The van der Waals surface area contributed by atoms with Crippen LogP contribution in [0, 0.1) is 11.7 Å². The summed E-state index contributed by atoms with van der Waals surface area (Å²) in [6.07, 6.45) is 5.79. The van der Waals surface area contributed by atoms with Crippen LogP contribution in [0.2, 0.25) is 0 Å². The number of nitrogens with zero attached hydrogens (tertiary/aromatic N) is 3. The lowest BCUT2D eigenvalue weighted by molar-refractivity contribution is -0.108. The lowest BCUT2D eigenvalue weighted by Gasteiger charge is -2.30. The van der Waals surface area contributed by atoms with Crippen molar-refractivity contribution in [1.82, 2.24) is 15.5 Å². The number of aliphatic hydroxyl groups is 1. The van der Waals surface area contributed by atoms with Crippen LogP contribution in [-0.4, -0.2) is 61.4 Å². The van der Waals surface area contributed by atoms with Crippen LogP contribution in [0.5, 0.6) is 5.75 Å². The van der Waals surface area contributed by atoms with Crippen LogP contribution in [0.4, 0.5) is 10.4 Å². The summed E-state index contributed by atoms with van der Waals surface area (Å²) in [4.78, 5) is 17.5. The highest BCUT2D eigenvalue weighted by Gasteiger charge is 2.23. The molecule has 1 atom stereocenters. The number of halogens is 1. The summed E-state index contributed by atoms with van der Waals surface area (Å²) < 4.78 is 25.1. The maximum Gasteiger partial charge on any atom is 0.324 e. The number of hydrogen-bond acceptors (Lipinski definition) is 8. The molecular formula is C26H41FN4O4. The van der Waals surface area contributed by atoms with Crippen LogP contribution in [0.1, 0.15) is 76.1 Å². The summed E-state index contributed by atoms with van der Waals surface area (Å²) in [6, 6.07) is 5.35. The second kappa shape index (κ2) is 15.5. The van der Waals surface area contributed by atoms with Crippen molar-refractivity contribution in [3.63, 3.8) is 0 Å². The van der Waals surface area contributed by atoms with E-state index in [2.05, 4.69) is 34.2 Å². The number of aromatic nitrogens is 2. The molecule has 196 valence electrons. The average molecular weight is 493 g/mol. The molecule has 1 fully saturated rings. The molecule has 2 aromatic rings. The zero-order valence-electron chi connectivity index (χ0n) is 21.5. The van der Waals surface area contributed by atoms with Gasteiger partial charge in [-0.05, 0) is 63.2 Å². The maximum absolute atomic E-state index is 14.0. The predicted octanol–water partition coefficient (Wildman–Crippen LogP) is 4.30. The molecule has 1 unspecified atom stereocenters. The molecule has 0 radical (unpaired) electrons. The lowest BCUT2D eigenvalue weighted by Crippen LogP contribution is -2.34. The van der Waals surface area contributed by atoms with E-state index >= 15 is 0 Å². The Balaban J connectivity index is 0.000000641. The molecule has 9 heteroatoms. The van der Waals surface area contributed by atoms with Gasteiger partial charge in [0.2, 0.25) is 0 Å². The fourth-order valence-corrected chi connectivity index (χ4v) is 3.86. The molecule has 2 N–H and O–H groups in total. The van der Waals surface area contributed by atoms with Gasteiger partial charge in [-0.2, -0.15) is 4.98 Å². The van der Waals surface area contributed by atoms with Gasteiger partial charge in [0.1, 0.15) is 17.9 Å². The highest BCUT2D eigenvalue weighted by Crippen LogP contribution is 2.27. The summed E-state index contributed by atoms with van der Waals surface area (Å²) in [7, 11) is 1.87. The van der Waals surface area contributed by atoms with Crippen molar-refractivity contribution in [3.05, 3.63) is 35.4 Å². The van der Waals surface area contributed by atoms with Gasteiger partial charge >= 0.3 is 6.01 Å². The van der Waals surface area contributed by atoms with E-state index in [9.17, 15) is 9.18 Å². The molecular weight excluding hydrogens is 451 g/mol. The summed E-state index contributed by atoms with van der Waals surface area (Å²) in [6.45, 7) is 9.40. The topological polar surface area (TPSA) is 101 Å². The fraction of sp³-hybridized carbons (Fsp3) is 0.654. The fourth-order valence-electron chi connectivity index (χ4n) is 3.86. The number of anilines is 1. The van der Waals surface area contributed by atoms with Crippen molar-refractivity contribution in [2.45, 2.75) is 64.7 Å². The van der Waals surface area contributed by atoms with Gasteiger partial charge in [0.15, 0.2) is 5.82 Å². The number of ether oxygens (including phenoxy) is 1. The number of carbonyl (C=O) groups is 1. The average Bonchev–Trinajstić information content (AvgIpc) is 3.37. The van der Waals surface area contributed by atoms with Gasteiger partial charge in [0.25, 0.3) is 0 Å². The van der Waals surface area contributed by atoms with Gasteiger partial charge in [-0.3, -0.25) is 0 Å². The van der Waals surface area contributed by atoms with Crippen LogP contribution >= 0.6 is 0 Å². The number of aliphatic hydroxyl groups excluding tert-OH is 1. The van der Waals surface area contributed by atoms with E-state index in [1.807, 2.05) is 7.05 Å². The Morgan fingerprint density at radius 3 is 2.57 bits per heavy atom. The molecule has 0 saturated carbocycles. The highest BCUT2D eigenvalue weighted by molar-refractivity contribution is 5.61. The van der Waals surface area contributed by atoms with Crippen LogP contribution in [0.3, 0.4) is 0 Å². The molecule has 1 aromatic heterocycles. The van der Waals surface area contributed by atoms with E-state index in [1.54, 1.807) is 19.1 Å². The van der Waals surface area contributed by atoms with Gasteiger partial charge < -0.3 is 29.4 Å². The van der Waals surface area contributed by atoms with Crippen LogP contribution in [0.25, 0.3) is 0 Å². The summed E-state index contributed by atoms with van der Waals surface area (Å²) in [5, 5.41) is 15.1. The molecule has 1 aliphatic heterocycles. The van der Waals surface area contributed by atoms with E-state index < -0.39 is 11.7 Å². The first-order valence-corrected chi connectivity index (χ1v) is 12.6. The van der Waals surface area contributed by atoms with E-state index in [1.165, 1.54) is 6.07 Å². The number of aldehydes is 1. The lowest BCUT2D eigenvalue weighted by atomic mass is 9.92. The molecule has 8 nitrogen and oxygen atoms in total. The number of rotatable bonds is 12. The first-order valence-electron chi connectivity index (χ1n) is 12.6. The standard InChI is InChI=1S/C22H30FN3O3.C4H11NO/c1-15(2)21-24-22(29-25-21)26-10-8-17(9-11-26)5-4-12-28-18-6-7-19(16(3)14-27)20(23)13-18;1-5-3-2-4-6/h6-7,13-17H,4-5,8-12H2,1-3H3;5-6H,2-4H2,1H3. The Morgan fingerprint density at radius 2 is 2.03 bits per heavy atom. The molecule has 1 saturated heterocycles. The third-order valence-corrected chi connectivity index (χ3v) is 6.11. The van der Waals surface area contributed by atoms with Gasteiger partial charge in [0, 0.05) is 37.6 Å². The summed E-state index contributed by atoms with van der Waals surface area (Å²) in [5.74, 6) is 1.34. The molecule has 2 heterocycles. The van der Waals surface area contributed by atoms with Gasteiger partial charge in [-0.25, -0.2) is 4.39 Å². The third kappa shape index (κ3) is 9.57. The second-order valence-corrected chi connectivity index (χ2v) is 9.30. The molecule has 1 aliphatic rings. The second-order valence-electron chi connectivity index (χ2n) is 9.30. The Bertz CT molecular complexity index is 865. The first kappa shape index (κ1) is 28.7. The van der Waals surface area contributed by atoms with Crippen molar-refractivity contribution < 1.29 is 23.6 Å². The Hall–Kier alpha value is -2.52. The van der Waals surface area contributed by atoms with Crippen LogP contribution in [-0.2, 0) is 4.79 Å². The minimum absolute atomic E-state index is 0.267. The summed E-state index contributed by atoms with van der Waals surface area (Å²) >= 11 is 0. The SMILES string of the molecule is CC(C)c1noc(N2CCC(CCCOc3ccc(C(C)C=O)c(F)c3)CC2)n1.CNCCCO. The van der Waals surface area contributed by atoms with Gasteiger partial charge in [-0.1, -0.05) is 32.0 Å². The highest BCUT2D eigenvalue weighted by atomic mass is 19.1. The summed E-state index contributed by atoms with van der Waals surface area (Å²) in [5.41, 5.74) is 0.404. The number of piperidine rings is 1. The smallest absolute Gasteiger partial charge is 0.324 e. The molecule has 0 aliphatic carbocycles. The van der Waals surface area contributed by atoms with Crippen molar-refractivity contribution in [3.8, 4) is 5.75 Å². The molecule has 3 rings (SSSR count). The Kier molecular flexibility index (Phi) is 12.7. The van der Waals surface area contributed by atoms with E-state index in [0.717, 1.165) is 63.8 Å². The normalized spacial score (nSPS) is 15.0. The van der Waals surface area contributed by atoms with E-state index in [0.29, 0.717) is 36.5 Å². The number of benzene rings is 1. The minimum Gasteiger partial charge on any atom is -0.493 e. The largest absolute Gasteiger partial charge is 0.493 e. The molecule has 35 heavy (non-hydrogen) atoms. The van der Waals surface area contributed by atoms with Crippen molar-refractivity contribution in [1.29, 1.82) is 0 Å².